The number of carbonyl (C=O) groups excluding carboxylic acids is 1. The Morgan fingerprint density at radius 2 is 2.09 bits per heavy atom. The summed E-state index contributed by atoms with van der Waals surface area (Å²) >= 11 is 3.27. The summed E-state index contributed by atoms with van der Waals surface area (Å²) in [7, 11) is -3.68. The third-order valence-electron chi connectivity index (χ3n) is 3.67. The second-order valence-electron chi connectivity index (χ2n) is 5.32. The fraction of sp³-hybridized carbons (Fsp3) is 0.533. The second kappa shape index (κ2) is 8.23. The molecule has 0 unspecified atom stereocenters. The Morgan fingerprint density at radius 3 is 2.65 bits per heavy atom. The minimum absolute atomic E-state index is 0.0390. The van der Waals surface area contributed by atoms with Gasteiger partial charge in [-0.15, -0.1) is 0 Å². The van der Waals surface area contributed by atoms with Crippen molar-refractivity contribution in [3.63, 3.8) is 0 Å². The molecule has 1 atom stereocenters. The quantitative estimate of drug-likeness (QED) is 0.750. The molecule has 6 nitrogen and oxygen atoms in total. The minimum Gasteiger partial charge on any atom is -0.376 e. The Bertz CT molecular complexity index is 627. The molecule has 1 N–H and O–H groups in total. The van der Waals surface area contributed by atoms with Gasteiger partial charge in [0.2, 0.25) is 15.9 Å². The number of rotatable bonds is 7. The number of hydrogen-bond donors (Lipinski definition) is 1. The van der Waals surface area contributed by atoms with Gasteiger partial charge in [0.15, 0.2) is 0 Å². The fourth-order valence-electron chi connectivity index (χ4n) is 2.37. The molecule has 1 aliphatic rings. The highest BCUT2D eigenvalue weighted by molar-refractivity contribution is 9.10. The molecular formula is C15H21BrN2O4S. The van der Waals surface area contributed by atoms with E-state index in [0.717, 1.165) is 23.9 Å². The number of ether oxygens (including phenoxy) is 1. The van der Waals surface area contributed by atoms with Gasteiger partial charge in [-0.2, -0.15) is 4.31 Å². The lowest BCUT2D eigenvalue weighted by Gasteiger charge is -2.20. The Morgan fingerprint density at radius 1 is 1.39 bits per heavy atom. The summed E-state index contributed by atoms with van der Waals surface area (Å²) in [5.41, 5.74) is 0. The number of sulfonamides is 1. The van der Waals surface area contributed by atoms with Crippen molar-refractivity contribution >= 4 is 31.9 Å². The molecule has 1 aromatic rings. The molecule has 0 aliphatic carbocycles. The Kier molecular flexibility index (Phi) is 6.58. The van der Waals surface area contributed by atoms with E-state index < -0.39 is 10.0 Å². The van der Waals surface area contributed by atoms with E-state index in [1.54, 1.807) is 19.1 Å². The molecule has 1 fully saturated rings. The molecule has 23 heavy (non-hydrogen) atoms. The van der Waals surface area contributed by atoms with Crippen LogP contribution in [0.1, 0.15) is 19.8 Å². The number of benzene rings is 1. The first-order valence-electron chi connectivity index (χ1n) is 7.57. The van der Waals surface area contributed by atoms with E-state index in [0.29, 0.717) is 6.54 Å². The van der Waals surface area contributed by atoms with E-state index in [1.807, 2.05) is 0 Å². The zero-order valence-electron chi connectivity index (χ0n) is 13.0. The van der Waals surface area contributed by atoms with Crippen molar-refractivity contribution in [3.05, 3.63) is 28.7 Å². The predicted octanol–water partition coefficient (Wildman–Crippen LogP) is 1.75. The molecule has 1 amide bonds. The first kappa shape index (κ1) is 18.4. The Hall–Kier alpha value is -0.960. The number of halogens is 1. The van der Waals surface area contributed by atoms with E-state index in [4.69, 9.17) is 4.74 Å². The van der Waals surface area contributed by atoms with Crippen LogP contribution in [-0.4, -0.2) is 51.0 Å². The summed E-state index contributed by atoms with van der Waals surface area (Å²) in [6.45, 7) is 2.89. The number of nitrogens with one attached hydrogen (secondary N) is 1. The highest BCUT2D eigenvalue weighted by Gasteiger charge is 2.25. The predicted molar refractivity (Wildman–Crippen MR) is 90.6 cm³/mol. The third-order valence-corrected chi connectivity index (χ3v) is 6.14. The lowest BCUT2D eigenvalue weighted by molar-refractivity contribution is -0.121. The summed E-state index contributed by atoms with van der Waals surface area (Å²) in [6, 6.07) is 6.37. The van der Waals surface area contributed by atoms with Crippen LogP contribution >= 0.6 is 15.9 Å². The van der Waals surface area contributed by atoms with E-state index in [1.165, 1.54) is 16.4 Å². The fourth-order valence-corrected chi connectivity index (χ4v) is 4.04. The molecule has 8 heteroatoms. The standard InChI is InChI=1S/C15H21BrN2O4S/c1-2-18(11-15(19)17-10-13-4-3-9-22-13)23(20,21)14-7-5-12(16)6-8-14/h5-8,13H,2-4,9-11H2,1H3,(H,17,19)/t13-/m1/s1. The zero-order chi connectivity index (χ0) is 16.9. The van der Waals surface area contributed by atoms with Crippen molar-refractivity contribution in [2.75, 3.05) is 26.2 Å². The zero-order valence-corrected chi connectivity index (χ0v) is 15.4. The van der Waals surface area contributed by atoms with Gasteiger partial charge in [-0.25, -0.2) is 8.42 Å². The van der Waals surface area contributed by atoms with Gasteiger partial charge in [-0.1, -0.05) is 22.9 Å². The average Bonchev–Trinajstić information content (AvgIpc) is 3.04. The van der Waals surface area contributed by atoms with Gasteiger partial charge >= 0.3 is 0 Å². The lowest BCUT2D eigenvalue weighted by atomic mass is 10.2. The van der Waals surface area contributed by atoms with Crippen LogP contribution in [-0.2, 0) is 19.6 Å². The van der Waals surface area contributed by atoms with E-state index >= 15 is 0 Å². The van der Waals surface area contributed by atoms with Gasteiger partial charge in [-0.3, -0.25) is 4.79 Å². The van der Waals surface area contributed by atoms with Crippen LogP contribution in [0.15, 0.2) is 33.6 Å². The van der Waals surface area contributed by atoms with Gasteiger partial charge in [0, 0.05) is 24.2 Å². The Balaban J connectivity index is 1.97. The van der Waals surface area contributed by atoms with Crippen molar-refractivity contribution in [1.29, 1.82) is 0 Å². The highest BCUT2D eigenvalue weighted by atomic mass is 79.9. The summed E-state index contributed by atoms with van der Waals surface area (Å²) in [5, 5.41) is 2.74. The van der Waals surface area contributed by atoms with Gasteiger partial charge < -0.3 is 10.1 Å². The monoisotopic (exact) mass is 404 g/mol. The number of nitrogens with zero attached hydrogens (tertiary/aromatic N) is 1. The van der Waals surface area contributed by atoms with Crippen molar-refractivity contribution in [1.82, 2.24) is 9.62 Å². The maximum Gasteiger partial charge on any atom is 0.243 e. The van der Waals surface area contributed by atoms with Crippen molar-refractivity contribution in [3.8, 4) is 0 Å². The van der Waals surface area contributed by atoms with Crippen LogP contribution in [0.25, 0.3) is 0 Å². The molecule has 0 bridgehead atoms. The SMILES string of the molecule is CCN(CC(=O)NC[C@H]1CCCO1)S(=O)(=O)c1ccc(Br)cc1. The van der Waals surface area contributed by atoms with Crippen molar-refractivity contribution in [2.24, 2.45) is 0 Å². The number of likely N-dealkylation sites (N-methyl/N-ethyl adjacent to an activating group) is 1. The van der Waals surface area contributed by atoms with Crippen LogP contribution < -0.4 is 5.32 Å². The highest BCUT2D eigenvalue weighted by Crippen LogP contribution is 2.18. The molecule has 0 saturated carbocycles. The van der Waals surface area contributed by atoms with Crippen molar-refractivity contribution in [2.45, 2.75) is 30.8 Å². The molecule has 0 spiro atoms. The van der Waals surface area contributed by atoms with Gasteiger partial charge in [0.25, 0.3) is 0 Å². The first-order valence-corrected chi connectivity index (χ1v) is 9.81. The van der Waals surface area contributed by atoms with Crippen LogP contribution in [0.2, 0.25) is 0 Å². The minimum atomic E-state index is -3.68. The van der Waals surface area contributed by atoms with Gasteiger partial charge in [-0.05, 0) is 37.1 Å². The average molecular weight is 405 g/mol. The number of amides is 1. The molecule has 2 rings (SSSR count). The van der Waals surface area contributed by atoms with Crippen LogP contribution in [0, 0.1) is 0 Å². The second-order valence-corrected chi connectivity index (χ2v) is 8.18. The molecule has 0 radical (unpaired) electrons. The molecule has 1 aromatic carbocycles. The first-order chi connectivity index (χ1) is 10.9. The van der Waals surface area contributed by atoms with Crippen LogP contribution in [0.3, 0.4) is 0 Å². The lowest BCUT2D eigenvalue weighted by Crippen LogP contribution is -2.42. The summed E-state index contributed by atoms with van der Waals surface area (Å²) in [4.78, 5) is 12.2. The topological polar surface area (TPSA) is 75.7 Å². The molecule has 0 aromatic heterocycles. The van der Waals surface area contributed by atoms with Gasteiger partial charge in [0.1, 0.15) is 0 Å². The maximum atomic E-state index is 12.6. The van der Waals surface area contributed by atoms with Gasteiger partial charge in [0.05, 0.1) is 17.5 Å². The third kappa shape index (κ3) is 5.00. The molecule has 1 heterocycles. The maximum absolute atomic E-state index is 12.6. The summed E-state index contributed by atoms with van der Waals surface area (Å²) < 4.78 is 32.6. The van der Waals surface area contributed by atoms with E-state index in [2.05, 4.69) is 21.2 Å². The number of carbonyl (C=O) groups is 1. The van der Waals surface area contributed by atoms with E-state index in [9.17, 15) is 13.2 Å². The largest absolute Gasteiger partial charge is 0.376 e. The smallest absolute Gasteiger partial charge is 0.243 e. The molecule has 128 valence electrons. The Labute approximate surface area is 145 Å². The van der Waals surface area contributed by atoms with Crippen LogP contribution in [0.4, 0.5) is 0 Å². The normalized spacial score (nSPS) is 18.3. The summed E-state index contributed by atoms with van der Waals surface area (Å²) in [5.74, 6) is -0.317. The van der Waals surface area contributed by atoms with E-state index in [-0.39, 0.29) is 30.0 Å². The number of hydrogen-bond acceptors (Lipinski definition) is 4. The molecular weight excluding hydrogens is 384 g/mol. The molecule has 1 aliphatic heterocycles. The molecule has 1 saturated heterocycles. The van der Waals surface area contributed by atoms with Crippen LogP contribution in [0.5, 0.6) is 0 Å². The van der Waals surface area contributed by atoms with Crippen molar-refractivity contribution < 1.29 is 17.9 Å². The summed E-state index contributed by atoms with van der Waals surface area (Å²) in [6.07, 6.45) is 1.96.